The van der Waals surface area contributed by atoms with E-state index in [2.05, 4.69) is 13.8 Å². The van der Waals surface area contributed by atoms with E-state index >= 15 is 0 Å². The van der Waals surface area contributed by atoms with Crippen LogP contribution in [0.15, 0.2) is 18.2 Å². The molecule has 0 N–H and O–H groups in total. The largest absolute Gasteiger partial charge is 0.336 e. The van der Waals surface area contributed by atoms with Crippen LogP contribution < -0.4 is 0 Å². The van der Waals surface area contributed by atoms with Crippen LogP contribution >= 0.6 is 34.4 Å². The maximum Gasteiger partial charge on any atom is 0.270 e. The standard InChI is InChI=1S/C13H15IN2O3S/c1-8-6-15(7-9(2)20-8)13(17)11-5-10(16(18)19)3-4-12(11)14/h3-5,8-9H,6-7H2,1-2H3. The predicted molar refractivity (Wildman–Crippen MR) is 88.2 cm³/mol. The Bertz CT molecular complexity index is 542. The van der Waals surface area contributed by atoms with Crippen molar-refractivity contribution < 1.29 is 9.72 Å². The van der Waals surface area contributed by atoms with Gasteiger partial charge in [0.05, 0.1) is 10.5 Å². The van der Waals surface area contributed by atoms with Crippen molar-refractivity contribution in [2.75, 3.05) is 13.1 Å². The Morgan fingerprint density at radius 1 is 1.40 bits per heavy atom. The highest BCUT2D eigenvalue weighted by Gasteiger charge is 2.28. The molecular weight excluding hydrogens is 391 g/mol. The summed E-state index contributed by atoms with van der Waals surface area (Å²) in [6.45, 7) is 5.57. The minimum atomic E-state index is -0.468. The highest BCUT2D eigenvalue weighted by atomic mass is 127. The number of non-ortho nitro benzene ring substituents is 1. The van der Waals surface area contributed by atoms with Gasteiger partial charge >= 0.3 is 0 Å². The van der Waals surface area contributed by atoms with Crippen molar-refractivity contribution in [2.24, 2.45) is 0 Å². The lowest BCUT2D eigenvalue weighted by Gasteiger charge is -2.34. The number of hydrogen-bond acceptors (Lipinski definition) is 4. The number of rotatable bonds is 2. The zero-order chi connectivity index (χ0) is 14.9. The topological polar surface area (TPSA) is 63.5 Å². The van der Waals surface area contributed by atoms with Crippen molar-refractivity contribution in [1.82, 2.24) is 4.90 Å². The third kappa shape index (κ3) is 3.43. The van der Waals surface area contributed by atoms with Crippen molar-refractivity contribution >= 4 is 45.9 Å². The van der Waals surface area contributed by atoms with E-state index in [-0.39, 0.29) is 11.6 Å². The van der Waals surface area contributed by atoms with E-state index in [9.17, 15) is 14.9 Å². The van der Waals surface area contributed by atoms with Crippen molar-refractivity contribution in [2.45, 2.75) is 24.3 Å². The van der Waals surface area contributed by atoms with Gasteiger partial charge in [-0.05, 0) is 28.7 Å². The van der Waals surface area contributed by atoms with Gasteiger partial charge in [-0.25, -0.2) is 0 Å². The van der Waals surface area contributed by atoms with Gasteiger partial charge in [-0.15, -0.1) is 0 Å². The Morgan fingerprint density at radius 2 is 2.00 bits per heavy atom. The lowest BCUT2D eigenvalue weighted by molar-refractivity contribution is -0.384. The van der Waals surface area contributed by atoms with E-state index in [1.807, 2.05) is 34.4 Å². The van der Waals surface area contributed by atoms with Gasteiger partial charge in [-0.3, -0.25) is 14.9 Å². The lowest BCUT2D eigenvalue weighted by Crippen LogP contribution is -2.44. The van der Waals surface area contributed by atoms with Crippen LogP contribution in [0.1, 0.15) is 24.2 Å². The van der Waals surface area contributed by atoms with E-state index in [0.717, 1.165) is 3.57 Å². The first-order valence-electron chi connectivity index (χ1n) is 6.27. The number of hydrogen-bond donors (Lipinski definition) is 0. The molecule has 7 heteroatoms. The zero-order valence-corrected chi connectivity index (χ0v) is 14.2. The van der Waals surface area contributed by atoms with E-state index in [4.69, 9.17) is 0 Å². The van der Waals surface area contributed by atoms with Gasteiger partial charge in [0.15, 0.2) is 0 Å². The highest BCUT2D eigenvalue weighted by Crippen LogP contribution is 2.27. The number of benzene rings is 1. The quantitative estimate of drug-likeness (QED) is 0.430. The number of amides is 1. The van der Waals surface area contributed by atoms with E-state index < -0.39 is 4.92 Å². The molecule has 0 saturated carbocycles. The Hall–Kier alpha value is -0.830. The summed E-state index contributed by atoms with van der Waals surface area (Å²) < 4.78 is 0.747. The molecule has 1 fully saturated rings. The van der Waals surface area contributed by atoms with E-state index in [1.54, 1.807) is 11.0 Å². The van der Waals surface area contributed by atoms with Crippen LogP contribution in [0.25, 0.3) is 0 Å². The molecule has 20 heavy (non-hydrogen) atoms. The summed E-state index contributed by atoms with van der Waals surface area (Å²) in [6.07, 6.45) is 0. The monoisotopic (exact) mass is 406 g/mol. The summed E-state index contributed by atoms with van der Waals surface area (Å²) in [5.74, 6) is -0.114. The van der Waals surface area contributed by atoms with E-state index in [0.29, 0.717) is 29.2 Å². The molecule has 1 amide bonds. The Labute approximate surface area is 135 Å². The molecule has 0 aliphatic carbocycles. The van der Waals surface area contributed by atoms with Gasteiger partial charge in [-0.2, -0.15) is 11.8 Å². The fourth-order valence-electron chi connectivity index (χ4n) is 2.30. The summed E-state index contributed by atoms with van der Waals surface area (Å²) in [5.41, 5.74) is 0.382. The normalized spacial score (nSPS) is 22.6. The molecule has 1 saturated heterocycles. The second kappa shape index (κ2) is 6.30. The zero-order valence-electron chi connectivity index (χ0n) is 11.2. The lowest BCUT2D eigenvalue weighted by atomic mass is 10.1. The van der Waals surface area contributed by atoms with Gasteiger partial charge in [0.1, 0.15) is 0 Å². The third-order valence-corrected chi connectivity index (χ3v) is 5.27. The number of carbonyl (C=O) groups excluding carboxylic acids is 1. The summed E-state index contributed by atoms with van der Waals surface area (Å²) in [4.78, 5) is 24.7. The van der Waals surface area contributed by atoms with Crippen LogP contribution in [0.5, 0.6) is 0 Å². The van der Waals surface area contributed by atoms with Gasteiger partial charge in [0.25, 0.3) is 11.6 Å². The molecule has 108 valence electrons. The van der Waals surface area contributed by atoms with Crippen molar-refractivity contribution in [1.29, 1.82) is 0 Å². The summed E-state index contributed by atoms with van der Waals surface area (Å²) in [5, 5.41) is 11.6. The highest BCUT2D eigenvalue weighted by molar-refractivity contribution is 14.1. The fraction of sp³-hybridized carbons (Fsp3) is 0.462. The van der Waals surface area contributed by atoms with Gasteiger partial charge in [0, 0.05) is 39.3 Å². The second-order valence-corrected chi connectivity index (χ2v) is 7.93. The first kappa shape index (κ1) is 15.6. The Morgan fingerprint density at radius 3 is 2.55 bits per heavy atom. The molecule has 1 aliphatic rings. The molecule has 2 rings (SSSR count). The molecule has 2 unspecified atom stereocenters. The van der Waals surface area contributed by atoms with Crippen LogP contribution in [0.3, 0.4) is 0 Å². The maximum absolute atomic E-state index is 12.6. The molecule has 0 aromatic heterocycles. The van der Waals surface area contributed by atoms with Crippen molar-refractivity contribution in [3.63, 3.8) is 0 Å². The number of thioether (sulfide) groups is 1. The Balaban J connectivity index is 2.28. The smallest absolute Gasteiger partial charge is 0.270 e. The molecule has 5 nitrogen and oxygen atoms in total. The van der Waals surface area contributed by atoms with Gasteiger partial charge < -0.3 is 4.90 Å². The third-order valence-electron chi connectivity index (χ3n) is 3.10. The first-order chi connectivity index (χ1) is 9.38. The molecular formula is C13H15IN2O3S. The van der Waals surface area contributed by atoms with Gasteiger partial charge in [-0.1, -0.05) is 13.8 Å². The number of halogens is 1. The van der Waals surface area contributed by atoms with E-state index in [1.165, 1.54) is 12.1 Å². The summed E-state index contributed by atoms with van der Waals surface area (Å²) in [7, 11) is 0. The minimum absolute atomic E-state index is 0.0405. The minimum Gasteiger partial charge on any atom is -0.336 e. The average molecular weight is 406 g/mol. The van der Waals surface area contributed by atoms with Crippen LogP contribution in [-0.2, 0) is 0 Å². The van der Waals surface area contributed by atoms with Crippen molar-refractivity contribution in [3.05, 3.63) is 37.4 Å². The molecule has 1 heterocycles. The average Bonchev–Trinajstić information content (AvgIpc) is 2.37. The van der Waals surface area contributed by atoms with Crippen LogP contribution in [0.4, 0.5) is 5.69 Å². The number of nitro groups is 1. The van der Waals surface area contributed by atoms with Crippen LogP contribution in [-0.4, -0.2) is 39.3 Å². The predicted octanol–water partition coefficient (Wildman–Crippen LogP) is 3.17. The molecule has 2 atom stereocenters. The maximum atomic E-state index is 12.6. The number of nitrogens with zero attached hydrogens (tertiary/aromatic N) is 2. The van der Waals surface area contributed by atoms with Crippen molar-refractivity contribution in [3.8, 4) is 0 Å². The Kier molecular flexibility index (Phi) is 4.90. The second-order valence-electron chi connectivity index (χ2n) is 4.89. The molecule has 1 aromatic rings. The SMILES string of the molecule is CC1CN(C(=O)c2cc([N+](=O)[O-])ccc2I)CC(C)S1. The fourth-order valence-corrected chi connectivity index (χ4v) is 4.20. The van der Waals surface area contributed by atoms with Crippen LogP contribution in [0, 0.1) is 13.7 Å². The number of carbonyl (C=O) groups is 1. The number of nitro benzene ring substituents is 1. The van der Waals surface area contributed by atoms with Gasteiger partial charge in [0.2, 0.25) is 0 Å². The summed E-state index contributed by atoms with van der Waals surface area (Å²) >= 11 is 3.91. The molecule has 0 bridgehead atoms. The molecule has 1 aliphatic heterocycles. The molecule has 0 spiro atoms. The molecule has 1 aromatic carbocycles. The van der Waals surface area contributed by atoms with Crippen LogP contribution in [0.2, 0.25) is 0 Å². The summed E-state index contributed by atoms with van der Waals surface area (Å²) in [6, 6.07) is 4.43. The molecule has 0 radical (unpaired) electrons. The first-order valence-corrected chi connectivity index (χ1v) is 8.29.